The fourth-order valence-electron chi connectivity index (χ4n) is 5.10. The van der Waals surface area contributed by atoms with Gasteiger partial charge in [-0.3, -0.25) is 0 Å². The minimum Gasteiger partial charge on any atom is -0.0622 e. The largest absolute Gasteiger partial charge is 0.0622 e. The van der Waals surface area contributed by atoms with E-state index in [9.17, 15) is 0 Å². The number of hydrogen-bond donors (Lipinski definition) is 0. The Bertz CT molecular complexity index is 1430. The molecule has 0 fully saturated rings. The number of hydrogen-bond acceptors (Lipinski definition) is 0. The zero-order chi connectivity index (χ0) is 24.4. The van der Waals surface area contributed by atoms with Crippen LogP contribution in [0, 0.1) is 6.92 Å². The third kappa shape index (κ3) is 4.61. The van der Waals surface area contributed by atoms with Crippen molar-refractivity contribution in [2.45, 2.75) is 26.2 Å². The van der Waals surface area contributed by atoms with Crippen LogP contribution in [0.4, 0.5) is 0 Å². The summed E-state index contributed by atoms with van der Waals surface area (Å²) in [5, 5.41) is 0. The third-order valence-corrected chi connectivity index (χ3v) is 7.60. The van der Waals surface area contributed by atoms with Gasteiger partial charge < -0.3 is 0 Å². The molecule has 0 aliphatic rings. The topological polar surface area (TPSA) is 0 Å². The summed E-state index contributed by atoms with van der Waals surface area (Å²) in [6, 6.07) is 43.7. The predicted molar refractivity (Wildman–Crippen MR) is 154 cm³/mol. The summed E-state index contributed by atoms with van der Waals surface area (Å²) in [5.41, 5.74) is 11.4. The van der Waals surface area contributed by atoms with Crippen LogP contribution in [-0.2, 0) is 5.41 Å². The molecule has 0 saturated carbocycles. The van der Waals surface area contributed by atoms with Gasteiger partial charge in [0.2, 0.25) is 0 Å². The summed E-state index contributed by atoms with van der Waals surface area (Å²) in [5.74, 6) is 0. The Morgan fingerprint density at radius 2 is 1.03 bits per heavy atom. The highest BCUT2D eigenvalue weighted by Crippen LogP contribution is 2.42. The minimum absolute atomic E-state index is 0.104. The summed E-state index contributed by atoms with van der Waals surface area (Å²) < 4.78 is 1.10. The first-order valence-corrected chi connectivity index (χ1v) is 12.9. The lowest BCUT2D eigenvalue weighted by atomic mass is 9.74. The second kappa shape index (κ2) is 9.68. The molecule has 0 bridgehead atoms. The summed E-state index contributed by atoms with van der Waals surface area (Å²) in [4.78, 5) is 0. The van der Waals surface area contributed by atoms with Gasteiger partial charge in [0.25, 0.3) is 0 Å². The summed E-state index contributed by atoms with van der Waals surface area (Å²) in [6.45, 7) is 6.94. The maximum Gasteiger partial charge on any atom is 0.0175 e. The van der Waals surface area contributed by atoms with Crippen molar-refractivity contribution in [3.8, 4) is 33.4 Å². The van der Waals surface area contributed by atoms with Crippen molar-refractivity contribution < 1.29 is 0 Å². The average molecular weight is 518 g/mol. The minimum atomic E-state index is -0.104. The van der Waals surface area contributed by atoms with Gasteiger partial charge in [0.05, 0.1) is 0 Å². The van der Waals surface area contributed by atoms with E-state index < -0.39 is 0 Å². The van der Waals surface area contributed by atoms with Crippen LogP contribution in [0.15, 0.2) is 126 Å². The molecule has 0 N–H and O–H groups in total. The molecule has 0 aromatic heterocycles. The second-order valence-corrected chi connectivity index (χ2v) is 10.5. The molecular weight excluding hydrogens is 488 g/mol. The van der Waals surface area contributed by atoms with Crippen molar-refractivity contribution in [1.82, 2.24) is 0 Å². The predicted octanol–water partition coefficient (Wildman–Crippen LogP) is 10.1. The molecule has 5 aromatic carbocycles. The Balaban J connectivity index is 1.67. The van der Waals surface area contributed by atoms with Crippen LogP contribution in [0.3, 0.4) is 0 Å². The Morgan fingerprint density at radius 3 is 1.63 bits per heavy atom. The highest BCUT2D eigenvalue weighted by molar-refractivity contribution is 9.10. The fraction of sp³-hybridized carbons (Fsp3) is 0.118. The molecule has 0 spiro atoms. The summed E-state index contributed by atoms with van der Waals surface area (Å²) in [7, 11) is 0. The van der Waals surface area contributed by atoms with Crippen LogP contribution in [0.5, 0.6) is 0 Å². The Hall–Kier alpha value is -3.42. The van der Waals surface area contributed by atoms with E-state index in [-0.39, 0.29) is 5.41 Å². The molecular formula is C34H29Br. The van der Waals surface area contributed by atoms with Gasteiger partial charge in [0.1, 0.15) is 0 Å². The van der Waals surface area contributed by atoms with Gasteiger partial charge in [-0.1, -0.05) is 139 Å². The number of halogens is 1. The smallest absolute Gasteiger partial charge is 0.0175 e. The highest BCUT2D eigenvalue weighted by atomic mass is 79.9. The first-order valence-electron chi connectivity index (χ1n) is 12.1. The van der Waals surface area contributed by atoms with Crippen molar-refractivity contribution in [2.24, 2.45) is 0 Å². The van der Waals surface area contributed by atoms with E-state index in [1.54, 1.807) is 0 Å². The lowest BCUT2D eigenvalue weighted by Crippen LogP contribution is -2.20. The molecule has 0 amide bonds. The zero-order valence-corrected chi connectivity index (χ0v) is 22.0. The lowest BCUT2D eigenvalue weighted by molar-refractivity contribution is 0.636. The highest BCUT2D eigenvalue weighted by Gasteiger charge is 2.27. The molecule has 1 heteroatoms. The Morgan fingerprint density at radius 1 is 0.514 bits per heavy atom. The first-order chi connectivity index (χ1) is 16.9. The molecule has 0 aliphatic carbocycles. The van der Waals surface area contributed by atoms with Crippen LogP contribution in [0.25, 0.3) is 33.4 Å². The molecule has 35 heavy (non-hydrogen) atoms. The SMILES string of the molecule is Cc1c(C(C)(C)c2ccccc2)ccc(-c2ccccc2)c1-c1ccc(-c2ccc(Br)cc2)cc1. The van der Waals surface area contributed by atoms with Gasteiger partial charge >= 0.3 is 0 Å². The molecule has 0 saturated heterocycles. The van der Waals surface area contributed by atoms with Gasteiger partial charge in [-0.2, -0.15) is 0 Å². The van der Waals surface area contributed by atoms with E-state index in [1.165, 1.54) is 50.1 Å². The summed E-state index contributed by atoms with van der Waals surface area (Å²) in [6.07, 6.45) is 0. The van der Waals surface area contributed by atoms with Gasteiger partial charge in [-0.15, -0.1) is 0 Å². The van der Waals surface area contributed by atoms with Crippen molar-refractivity contribution in [2.75, 3.05) is 0 Å². The van der Waals surface area contributed by atoms with E-state index >= 15 is 0 Å². The second-order valence-electron chi connectivity index (χ2n) is 9.60. The molecule has 0 heterocycles. The van der Waals surface area contributed by atoms with Crippen LogP contribution in [-0.4, -0.2) is 0 Å². The van der Waals surface area contributed by atoms with Crippen molar-refractivity contribution in [3.05, 3.63) is 142 Å². The quantitative estimate of drug-likeness (QED) is 0.218. The van der Waals surface area contributed by atoms with E-state index in [4.69, 9.17) is 0 Å². The average Bonchev–Trinajstić information content (AvgIpc) is 2.90. The van der Waals surface area contributed by atoms with Gasteiger partial charge in [0.15, 0.2) is 0 Å². The monoisotopic (exact) mass is 516 g/mol. The van der Waals surface area contributed by atoms with Crippen molar-refractivity contribution in [3.63, 3.8) is 0 Å². The van der Waals surface area contributed by atoms with Crippen LogP contribution in [0.1, 0.15) is 30.5 Å². The summed E-state index contributed by atoms with van der Waals surface area (Å²) >= 11 is 3.54. The molecule has 0 aliphatic heterocycles. The van der Waals surface area contributed by atoms with E-state index in [0.29, 0.717) is 0 Å². The first kappa shape index (κ1) is 23.3. The number of benzene rings is 5. The molecule has 0 atom stereocenters. The van der Waals surface area contributed by atoms with Gasteiger partial charge in [0, 0.05) is 9.89 Å². The normalized spacial score (nSPS) is 11.4. The van der Waals surface area contributed by atoms with Crippen LogP contribution in [0.2, 0.25) is 0 Å². The van der Waals surface area contributed by atoms with Gasteiger partial charge in [-0.05, 0) is 69.1 Å². The Labute approximate surface area is 217 Å². The Kier molecular flexibility index (Phi) is 6.45. The lowest BCUT2D eigenvalue weighted by Gasteiger charge is -2.30. The molecule has 0 radical (unpaired) electrons. The fourth-order valence-corrected chi connectivity index (χ4v) is 5.37. The molecule has 0 nitrogen and oxygen atoms in total. The zero-order valence-electron chi connectivity index (χ0n) is 20.4. The van der Waals surface area contributed by atoms with Crippen LogP contribution < -0.4 is 0 Å². The molecule has 5 rings (SSSR count). The maximum absolute atomic E-state index is 3.54. The third-order valence-electron chi connectivity index (χ3n) is 7.07. The standard InChI is InChI=1S/C34H29Br/c1-24-32(34(2,3)29-12-8-5-9-13-29)23-22-31(27-10-6-4-7-11-27)33(24)28-16-14-25(15-17-28)26-18-20-30(35)21-19-26/h4-23H,1-3H3. The molecule has 172 valence electrons. The van der Waals surface area contributed by atoms with Crippen molar-refractivity contribution >= 4 is 15.9 Å². The van der Waals surface area contributed by atoms with Crippen LogP contribution >= 0.6 is 15.9 Å². The van der Waals surface area contributed by atoms with Crippen molar-refractivity contribution in [1.29, 1.82) is 0 Å². The molecule has 5 aromatic rings. The van der Waals surface area contributed by atoms with E-state index in [2.05, 4.69) is 158 Å². The van der Waals surface area contributed by atoms with E-state index in [1.807, 2.05) is 0 Å². The maximum atomic E-state index is 3.54. The van der Waals surface area contributed by atoms with Gasteiger partial charge in [-0.25, -0.2) is 0 Å². The number of rotatable bonds is 5. The van der Waals surface area contributed by atoms with E-state index in [0.717, 1.165) is 4.47 Å². The molecule has 0 unspecified atom stereocenters.